The average Bonchev–Trinajstić information content (AvgIpc) is 3.79. The number of rotatable bonds is 10. The number of carbonyl (C=O) groups excluding carboxylic acids is 1. The second kappa shape index (κ2) is 13.9. The lowest BCUT2D eigenvalue weighted by Crippen LogP contribution is -2.46. The van der Waals surface area contributed by atoms with Crippen molar-refractivity contribution in [1.29, 1.82) is 0 Å². The zero-order valence-corrected chi connectivity index (χ0v) is 30.8. The maximum absolute atomic E-state index is 14.5. The summed E-state index contributed by atoms with van der Waals surface area (Å²) in [6.07, 6.45) is 16.8. The Morgan fingerprint density at radius 3 is 2.32 bits per heavy atom. The summed E-state index contributed by atoms with van der Waals surface area (Å²) in [7, 11) is -0.106. The first-order valence-corrected chi connectivity index (χ1v) is 21.0. The normalized spacial score (nSPS) is 23.8. The molecule has 2 heterocycles. The van der Waals surface area contributed by atoms with Gasteiger partial charge in [-0.15, -0.1) is 0 Å². The monoisotopic (exact) mass is 656 g/mol. The summed E-state index contributed by atoms with van der Waals surface area (Å²) in [5.74, 6) is 2.99. The van der Waals surface area contributed by atoms with E-state index in [0.717, 1.165) is 80.6 Å². The van der Waals surface area contributed by atoms with Crippen LogP contribution in [0.15, 0.2) is 48.9 Å². The second-order valence-corrected chi connectivity index (χ2v) is 20.8. The molecule has 3 saturated carbocycles. The molecule has 0 bridgehead atoms. The molecule has 47 heavy (non-hydrogen) atoms. The summed E-state index contributed by atoms with van der Waals surface area (Å²) in [5.41, 5.74) is 4.77. The molecule has 0 N–H and O–H groups in total. The fourth-order valence-corrected chi connectivity index (χ4v) is 8.82. The van der Waals surface area contributed by atoms with Gasteiger partial charge >= 0.3 is 0 Å². The zero-order chi connectivity index (χ0) is 33.3. The maximum Gasteiger partial charge on any atom is 0.231 e. The fraction of sp³-hybridized carbons (Fsp3) is 0.615. The van der Waals surface area contributed by atoms with E-state index in [9.17, 15) is 4.79 Å². The Labute approximate surface area is 283 Å². The molecular weight excluding hydrogens is 601 g/mol. The van der Waals surface area contributed by atoms with Crippen molar-refractivity contribution in [3.63, 3.8) is 0 Å². The van der Waals surface area contributed by atoms with E-state index in [2.05, 4.69) is 85.9 Å². The van der Waals surface area contributed by atoms with Gasteiger partial charge in [0.25, 0.3) is 0 Å². The van der Waals surface area contributed by atoms with Crippen molar-refractivity contribution in [3.05, 3.63) is 60.0 Å². The molecule has 1 amide bonds. The first-order chi connectivity index (χ1) is 22.4. The third-order valence-corrected chi connectivity index (χ3v) is 16.1. The third kappa shape index (κ3) is 7.85. The molecule has 254 valence electrons. The van der Waals surface area contributed by atoms with Gasteiger partial charge < -0.3 is 9.16 Å². The molecule has 3 aliphatic carbocycles. The predicted molar refractivity (Wildman–Crippen MR) is 193 cm³/mol. The van der Waals surface area contributed by atoms with E-state index in [1.165, 1.54) is 24.0 Å². The lowest BCUT2D eigenvalue weighted by molar-refractivity contribution is -0.124. The van der Waals surface area contributed by atoms with Crippen LogP contribution in [0.1, 0.15) is 108 Å². The van der Waals surface area contributed by atoms with Crippen LogP contribution in [0.4, 0.5) is 5.82 Å². The van der Waals surface area contributed by atoms with Gasteiger partial charge in [0.05, 0.1) is 19.3 Å². The van der Waals surface area contributed by atoms with Crippen molar-refractivity contribution in [3.8, 4) is 16.9 Å². The first kappa shape index (κ1) is 33.9. The molecule has 1 aromatic carbocycles. The van der Waals surface area contributed by atoms with Crippen molar-refractivity contribution in [2.24, 2.45) is 11.8 Å². The van der Waals surface area contributed by atoms with Gasteiger partial charge in [-0.05, 0) is 136 Å². The van der Waals surface area contributed by atoms with E-state index in [-0.39, 0.29) is 23.0 Å². The molecule has 3 aliphatic rings. The zero-order valence-electron chi connectivity index (χ0n) is 29.8. The molecule has 3 aromatic rings. The minimum absolute atomic E-state index is 0.0101. The first-order valence-electron chi connectivity index (χ1n) is 18.1. The molecule has 7 nitrogen and oxygen atoms in total. The molecule has 2 aromatic heterocycles. The van der Waals surface area contributed by atoms with Gasteiger partial charge in [0.2, 0.25) is 5.91 Å². The van der Waals surface area contributed by atoms with E-state index in [0.29, 0.717) is 17.9 Å². The van der Waals surface area contributed by atoms with Crippen LogP contribution in [0.5, 0.6) is 5.75 Å². The summed E-state index contributed by atoms with van der Waals surface area (Å²) >= 11 is 0. The largest absolute Gasteiger partial charge is 0.496 e. The quantitative estimate of drug-likeness (QED) is 0.203. The number of amides is 1. The van der Waals surface area contributed by atoms with Crippen LogP contribution in [0.2, 0.25) is 18.1 Å². The molecule has 6 rings (SSSR count). The van der Waals surface area contributed by atoms with Crippen LogP contribution in [0.25, 0.3) is 11.1 Å². The smallest absolute Gasteiger partial charge is 0.231 e. The van der Waals surface area contributed by atoms with E-state index in [1.54, 1.807) is 7.11 Å². The Morgan fingerprint density at radius 2 is 1.68 bits per heavy atom. The average molecular weight is 657 g/mol. The fourth-order valence-electron chi connectivity index (χ4n) is 7.40. The highest BCUT2D eigenvalue weighted by Crippen LogP contribution is 2.42. The standard InChI is InChI=1S/C39H56N4O3Si/c1-27-22-31(14-19-36(27)45-5)29-10-8-28(9-11-29)25-42(37-23-32(20-21-40-37)33-24-41-43(26-33)34-15-16-34)38(44)30-12-17-35(18-13-30)46-47(6,7)39(2,3)4/h14,19-24,26,28-30,34-35H,8-13,15-18,25H2,1-7H3/t28-,29-,30-,35-. The van der Waals surface area contributed by atoms with Crippen molar-refractivity contribution in [1.82, 2.24) is 14.8 Å². The number of carbonyl (C=O) groups is 1. The van der Waals surface area contributed by atoms with Gasteiger partial charge in [-0.1, -0.05) is 32.9 Å². The van der Waals surface area contributed by atoms with Crippen LogP contribution in [0, 0.1) is 18.8 Å². The number of nitrogens with zero attached hydrogens (tertiary/aromatic N) is 4. The van der Waals surface area contributed by atoms with Gasteiger partial charge in [-0.3, -0.25) is 14.4 Å². The minimum Gasteiger partial charge on any atom is -0.496 e. The number of aryl methyl sites for hydroxylation is 1. The number of hydrogen-bond donors (Lipinski definition) is 0. The van der Waals surface area contributed by atoms with Crippen LogP contribution < -0.4 is 9.64 Å². The van der Waals surface area contributed by atoms with Crippen LogP contribution in [-0.4, -0.2) is 48.7 Å². The number of hydrogen-bond acceptors (Lipinski definition) is 5. The van der Waals surface area contributed by atoms with Gasteiger partial charge in [-0.25, -0.2) is 4.98 Å². The lowest BCUT2D eigenvalue weighted by Gasteiger charge is -2.41. The van der Waals surface area contributed by atoms with Crippen molar-refractivity contribution < 1.29 is 14.0 Å². The maximum atomic E-state index is 14.5. The third-order valence-electron chi connectivity index (χ3n) is 11.6. The van der Waals surface area contributed by atoms with E-state index in [4.69, 9.17) is 14.1 Å². The van der Waals surface area contributed by atoms with E-state index >= 15 is 0 Å². The van der Waals surface area contributed by atoms with Crippen LogP contribution in [-0.2, 0) is 9.22 Å². The Morgan fingerprint density at radius 1 is 0.957 bits per heavy atom. The summed E-state index contributed by atoms with van der Waals surface area (Å²) in [4.78, 5) is 21.4. The van der Waals surface area contributed by atoms with E-state index < -0.39 is 8.32 Å². The van der Waals surface area contributed by atoms with Gasteiger partial charge in [0.1, 0.15) is 11.6 Å². The molecule has 0 saturated heterocycles. The number of anilines is 1. The molecule has 0 spiro atoms. The molecule has 0 atom stereocenters. The molecular formula is C39H56N4O3Si. The number of aromatic nitrogens is 3. The Bertz CT molecular complexity index is 1520. The van der Waals surface area contributed by atoms with Gasteiger partial charge in [0, 0.05) is 36.5 Å². The summed E-state index contributed by atoms with van der Waals surface area (Å²) in [6.45, 7) is 14.4. The predicted octanol–water partition coefficient (Wildman–Crippen LogP) is 9.48. The summed E-state index contributed by atoms with van der Waals surface area (Å²) in [6, 6.07) is 11.3. The molecule has 8 heteroatoms. The topological polar surface area (TPSA) is 69.5 Å². The van der Waals surface area contributed by atoms with Crippen molar-refractivity contribution >= 4 is 20.0 Å². The van der Waals surface area contributed by atoms with Gasteiger partial charge in [0.15, 0.2) is 8.32 Å². The molecule has 0 unspecified atom stereocenters. The van der Waals surface area contributed by atoms with Crippen LogP contribution >= 0.6 is 0 Å². The van der Waals surface area contributed by atoms with Crippen molar-refractivity contribution in [2.75, 3.05) is 18.6 Å². The van der Waals surface area contributed by atoms with Gasteiger partial charge in [-0.2, -0.15) is 5.10 Å². The highest BCUT2D eigenvalue weighted by Gasteiger charge is 2.41. The van der Waals surface area contributed by atoms with E-state index in [1.807, 2.05) is 18.5 Å². The number of methoxy groups -OCH3 is 1. The number of pyridine rings is 1. The number of ether oxygens (including phenoxy) is 1. The highest BCUT2D eigenvalue weighted by molar-refractivity contribution is 6.74. The second-order valence-electron chi connectivity index (χ2n) is 16.1. The minimum atomic E-state index is -1.84. The Hall–Kier alpha value is -2.97. The molecule has 0 radical (unpaired) electrons. The molecule has 3 fully saturated rings. The SMILES string of the molecule is COc1ccc([C@H]2CC[C@H](CN(c3cc(-c4cnn(C5CC5)c4)ccn3)C(=O)[C@H]3CC[C@H](O[Si](C)(C)C(C)(C)C)CC3)CC2)cc1C. The lowest BCUT2D eigenvalue weighted by atomic mass is 9.78. The summed E-state index contributed by atoms with van der Waals surface area (Å²) in [5, 5.41) is 4.81. The van der Waals surface area contributed by atoms with Crippen molar-refractivity contribution in [2.45, 2.75) is 128 Å². The summed E-state index contributed by atoms with van der Waals surface area (Å²) < 4.78 is 14.4. The van der Waals surface area contributed by atoms with Crippen LogP contribution in [0.3, 0.4) is 0 Å². The number of benzene rings is 1. The Balaban J connectivity index is 1.17. The molecule has 0 aliphatic heterocycles. The Kier molecular flexibility index (Phi) is 10.0. The highest BCUT2D eigenvalue weighted by atomic mass is 28.4.